The molecular formula is C122H130N10O8. The Morgan fingerprint density at radius 2 is 0.364 bits per heavy atom. The van der Waals surface area contributed by atoms with Gasteiger partial charge >= 0.3 is 0 Å². The topological polar surface area (TPSA) is 259 Å². The van der Waals surface area contributed by atoms with Crippen LogP contribution in [0.3, 0.4) is 0 Å². The predicted molar refractivity (Wildman–Crippen MR) is 567 cm³/mol. The molecule has 22 aliphatic heterocycles. The molecule has 4 aliphatic carbocycles. The highest BCUT2D eigenvalue weighted by atomic mass is 16.2. The van der Waals surface area contributed by atoms with Crippen molar-refractivity contribution in [2.45, 2.75) is 261 Å². The molecule has 0 atom stereocenters. The number of nitrogens with one attached hydrogen (secondary N) is 8. The monoisotopic (exact) mass is 1860 g/mol. The first-order chi connectivity index (χ1) is 67.1. The number of hydrogen-bond acceptors (Lipinski definition) is 10. The zero-order valence-corrected chi connectivity index (χ0v) is 83.9. The third-order valence-corrected chi connectivity index (χ3v) is 31.0. The Hall–Kier alpha value is -14.3. The Labute approximate surface area is 824 Å². The van der Waals surface area contributed by atoms with E-state index in [1.807, 2.05) is 135 Å². The van der Waals surface area contributed by atoms with Crippen LogP contribution >= 0.6 is 0 Å². The minimum atomic E-state index is -0.436. The summed E-state index contributed by atoms with van der Waals surface area (Å²) in [6.45, 7) is 32.5. The van der Waals surface area contributed by atoms with Crippen LogP contribution in [0.1, 0.15) is 336 Å². The molecule has 24 bridgehead atoms. The fraction of sp³-hybridized carbons (Fsp3) is 0.328. The van der Waals surface area contributed by atoms with Crippen LogP contribution in [0.2, 0.25) is 0 Å². The largest absolute Gasteiger partial charge is 0.322 e. The standard InChI is InChI=1S/C122H130N10O8/c1-71-53-91-54-72(2)105(71)125-103(133)43-41-87-33-29-35-89(69-87)113(135)127-107-75(5)57-93(58-76(107)6)121(49-25-19-26-50-121)97-67-85(15)112(86(16)68-97)132-118(140)102-40-32-38-100(124-102)116(138)130-110-81(11)63-96(64-82(110)12)120(47-23-18-24-48-120)92-55-73(3)106(74(4)56-92)126-104(134)44-42-88-34-30-36-90(70-88)114(136)128-108-77(7)59-94(60-78(108)8)122(51-27-20-28-52-122)98-65-83(13)111(84(14)66-98)131-117(139)101-39-31-37-99(123-101)115(137)129-109-79(9)61-95(62-80(109)10)119(91)45-21-17-22-46-119/h29-44,53-70H,17-28,45-52H2,1-16H3,(H,125,133)(H,126,134)(H,127,135)(H,128,136)(H,129,137)(H,130,138)(H,131,139)(H,132,140)/b43-41+,44-42+. The number of amides is 8. The van der Waals surface area contributed by atoms with E-state index in [1.165, 1.54) is 34.4 Å². The average molecular weight is 1860 g/mol. The van der Waals surface area contributed by atoms with Crippen molar-refractivity contribution in [1.82, 2.24) is 9.97 Å². The second-order valence-corrected chi connectivity index (χ2v) is 40.9. The molecule has 0 saturated heterocycles. The minimum Gasteiger partial charge on any atom is -0.322 e. The zero-order chi connectivity index (χ0) is 99.0. The molecule has 38 rings (SSSR count). The summed E-state index contributed by atoms with van der Waals surface area (Å²) in [5, 5.41) is 25.7. The molecule has 18 heteroatoms. The molecule has 24 heterocycles. The van der Waals surface area contributed by atoms with Gasteiger partial charge in [0.25, 0.3) is 35.4 Å². The number of pyridine rings is 2. The number of benzene rings is 10. The van der Waals surface area contributed by atoms with E-state index in [1.54, 1.807) is 72.8 Å². The molecule has 4 saturated carbocycles. The predicted octanol–water partition coefficient (Wildman–Crippen LogP) is 27.5. The van der Waals surface area contributed by atoms with Gasteiger partial charge in [0.1, 0.15) is 22.8 Å². The second-order valence-electron chi connectivity index (χ2n) is 40.9. The van der Waals surface area contributed by atoms with E-state index in [9.17, 15) is 38.4 Å². The van der Waals surface area contributed by atoms with Crippen LogP contribution in [0.15, 0.2) is 194 Å². The van der Waals surface area contributed by atoms with Crippen molar-refractivity contribution in [3.63, 3.8) is 0 Å². The maximum Gasteiger partial charge on any atom is 0.274 e. The van der Waals surface area contributed by atoms with Gasteiger partial charge in [0.05, 0.1) is 0 Å². The van der Waals surface area contributed by atoms with Crippen molar-refractivity contribution >= 4 is 105 Å². The average Bonchev–Trinajstić information content (AvgIpc) is 0.758. The molecule has 18 nitrogen and oxygen atoms in total. The Bertz CT molecular complexity index is 6500. The van der Waals surface area contributed by atoms with E-state index in [-0.39, 0.29) is 68.1 Å². The number of hydrogen-bond donors (Lipinski definition) is 8. The fourth-order valence-electron chi connectivity index (χ4n) is 23.8. The molecule has 2 aromatic heterocycles. The Balaban J connectivity index is 0.650. The van der Waals surface area contributed by atoms with Gasteiger partial charge in [-0.3, -0.25) is 38.4 Å². The summed E-state index contributed by atoms with van der Waals surface area (Å²) >= 11 is 0. The maximum absolute atomic E-state index is 14.5. The molecule has 0 unspecified atom stereocenters. The van der Waals surface area contributed by atoms with Crippen molar-refractivity contribution in [1.29, 1.82) is 0 Å². The first-order valence-electron chi connectivity index (χ1n) is 50.0. The summed E-state index contributed by atoms with van der Waals surface area (Å²) < 4.78 is 0. The van der Waals surface area contributed by atoms with Gasteiger partial charge in [0.2, 0.25) is 11.8 Å². The lowest BCUT2D eigenvalue weighted by molar-refractivity contribution is -0.112. The molecular weight excluding hydrogens is 1730 g/mol. The van der Waals surface area contributed by atoms with Crippen LogP contribution < -0.4 is 42.5 Å². The highest BCUT2D eigenvalue weighted by Gasteiger charge is 2.43. The van der Waals surface area contributed by atoms with Crippen LogP contribution in [-0.4, -0.2) is 57.2 Å². The van der Waals surface area contributed by atoms with Gasteiger partial charge in [-0.2, -0.15) is 0 Å². The maximum atomic E-state index is 14.5. The lowest BCUT2D eigenvalue weighted by Crippen LogP contribution is -2.31. The van der Waals surface area contributed by atoms with E-state index in [4.69, 9.17) is 0 Å². The first kappa shape index (κ1) is 97.4. The van der Waals surface area contributed by atoms with Crippen molar-refractivity contribution in [3.05, 3.63) is 373 Å². The summed E-state index contributed by atoms with van der Waals surface area (Å²) in [6, 6.07) is 59.8. The van der Waals surface area contributed by atoms with E-state index in [2.05, 4.69) is 150 Å². The van der Waals surface area contributed by atoms with Crippen LogP contribution in [0.5, 0.6) is 0 Å². The molecule has 716 valence electrons. The van der Waals surface area contributed by atoms with Crippen LogP contribution in [0.25, 0.3) is 12.2 Å². The number of aryl methyl sites for hydroxylation is 16. The van der Waals surface area contributed by atoms with E-state index < -0.39 is 23.6 Å². The molecule has 0 radical (unpaired) electrons. The summed E-state index contributed by atoms with van der Waals surface area (Å²) in [5.41, 5.74) is 31.0. The van der Waals surface area contributed by atoms with Crippen molar-refractivity contribution in [2.75, 3.05) is 42.5 Å². The number of anilines is 8. The van der Waals surface area contributed by atoms with Crippen molar-refractivity contribution < 1.29 is 38.4 Å². The summed E-state index contributed by atoms with van der Waals surface area (Å²) in [4.78, 5) is 124. The highest BCUT2D eigenvalue weighted by Crippen LogP contribution is 2.53. The van der Waals surface area contributed by atoms with Gasteiger partial charge < -0.3 is 42.5 Å². The normalized spacial score (nSPS) is 17.5. The van der Waals surface area contributed by atoms with Gasteiger partial charge in [-0.05, 0) is 367 Å². The second kappa shape index (κ2) is 40.3. The number of nitrogens with zero attached hydrogens (tertiary/aromatic N) is 2. The summed E-state index contributed by atoms with van der Waals surface area (Å²) in [6.07, 6.45) is 26.6. The highest BCUT2D eigenvalue weighted by molar-refractivity contribution is 6.11. The molecule has 26 aliphatic rings. The van der Waals surface area contributed by atoms with Gasteiger partial charge in [-0.15, -0.1) is 0 Å². The zero-order valence-electron chi connectivity index (χ0n) is 83.9. The third kappa shape index (κ3) is 19.7. The first-order valence-corrected chi connectivity index (χ1v) is 50.0. The number of aromatic nitrogens is 2. The van der Waals surface area contributed by atoms with Gasteiger partial charge in [-0.25, -0.2) is 9.97 Å². The Morgan fingerprint density at radius 1 is 0.193 bits per heavy atom. The van der Waals surface area contributed by atoms with E-state index in [0.29, 0.717) is 45.0 Å². The Kier molecular flexibility index (Phi) is 28.0. The Morgan fingerprint density at radius 3 is 0.557 bits per heavy atom. The fourth-order valence-corrected chi connectivity index (χ4v) is 23.8. The number of rotatable bonds is 0. The van der Waals surface area contributed by atoms with Crippen LogP contribution in [0, 0.1) is 111 Å². The van der Waals surface area contributed by atoms with Crippen LogP contribution in [0.4, 0.5) is 45.5 Å². The van der Waals surface area contributed by atoms with E-state index in [0.717, 1.165) is 262 Å². The molecule has 8 N–H and O–H groups in total. The van der Waals surface area contributed by atoms with Crippen molar-refractivity contribution in [2.24, 2.45) is 0 Å². The molecule has 4 spiro atoms. The molecule has 12 aromatic rings. The van der Waals surface area contributed by atoms with Crippen molar-refractivity contribution in [3.8, 4) is 0 Å². The van der Waals surface area contributed by atoms with E-state index >= 15 is 0 Å². The number of carbonyl (C=O) groups is 8. The minimum absolute atomic E-state index is 0.103. The van der Waals surface area contributed by atoms with Gasteiger partial charge in [0.15, 0.2) is 0 Å². The molecule has 10 aromatic carbocycles. The molecule has 8 amide bonds. The lowest BCUT2D eigenvalue weighted by Gasteiger charge is -2.40. The SMILES string of the molecule is Cc1cc2cc(C)c1NC(=O)/C=C/c1cccc(c1)C(=O)Nc1c(C)cc(cc1C)C1(CCCCC1)c1cc(C)c(c(C)c1)NC(=O)c1cccc(n1)C(=O)Nc1c(C)cc(cc1C)C1(CCCCC1)c1cc(C)c(c(C)c1)NC(=O)/C=C/c1cccc(c1)C(=O)Nc1c(C)cc(cc1C)C1(CCCCC1)c1cc(C)c(c(C)c1)NC(=O)c1cccc(n1)C(=O)Nc1c(C)cc(cc1C)C21CCCCC1. The third-order valence-electron chi connectivity index (χ3n) is 31.0. The quantitative estimate of drug-likeness (QED) is 0.0712. The van der Waals surface area contributed by atoms with Crippen LogP contribution in [-0.2, 0) is 31.2 Å². The smallest absolute Gasteiger partial charge is 0.274 e. The molecule has 140 heavy (non-hydrogen) atoms. The van der Waals surface area contributed by atoms with Gasteiger partial charge in [0, 0.05) is 90.4 Å². The lowest BCUT2D eigenvalue weighted by atomic mass is 9.64. The summed E-state index contributed by atoms with van der Waals surface area (Å²) in [7, 11) is 0. The molecule has 4 fully saturated rings. The van der Waals surface area contributed by atoms with Gasteiger partial charge in [-0.1, -0.05) is 211 Å². The summed E-state index contributed by atoms with van der Waals surface area (Å²) in [5.74, 6) is -2.90. The number of carbonyl (C=O) groups excluding carboxylic acids is 8.